The number of aromatic nitrogens is 1. The molecule has 2 N–H and O–H groups in total. The van der Waals surface area contributed by atoms with Gasteiger partial charge in [0.2, 0.25) is 23.5 Å². The number of pyridine rings is 1. The van der Waals surface area contributed by atoms with Gasteiger partial charge in [-0.2, -0.15) is 0 Å². The standard InChI is InChI=1S/C24H28N4O6/c1-5-34-19-14-16(13-18(32-3)22(19)33-4)28(2)23-15(7-6-12-25-23)8-10-20(29)26-17-9-11-21(30)27-24(17)31/h6-8,10,12-14,17H,5,9,11H2,1-4H3,(H,26,29)(H,27,30,31)/b10-8+. The Bertz CT molecular complexity index is 1100. The lowest BCUT2D eigenvalue weighted by molar-refractivity contribution is -0.136. The molecular formula is C24H28N4O6. The molecule has 2 heterocycles. The molecule has 34 heavy (non-hydrogen) atoms. The van der Waals surface area contributed by atoms with E-state index in [-0.39, 0.29) is 18.7 Å². The normalized spacial score (nSPS) is 15.6. The SMILES string of the molecule is CCOc1cc(N(C)c2ncccc2/C=C/C(=O)NC2CCC(=O)NC2=O)cc(OC)c1OC. The van der Waals surface area contributed by atoms with Gasteiger partial charge < -0.3 is 24.4 Å². The van der Waals surface area contributed by atoms with Crippen LogP contribution in [0.3, 0.4) is 0 Å². The van der Waals surface area contributed by atoms with Gasteiger partial charge in [-0.05, 0) is 31.6 Å². The summed E-state index contributed by atoms with van der Waals surface area (Å²) in [5, 5.41) is 4.84. The molecule has 2 aromatic rings. The van der Waals surface area contributed by atoms with E-state index in [1.165, 1.54) is 6.08 Å². The first kappa shape index (κ1) is 24.6. The van der Waals surface area contributed by atoms with Crippen LogP contribution in [0.1, 0.15) is 25.3 Å². The van der Waals surface area contributed by atoms with Crippen LogP contribution >= 0.6 is 0 Å². The monoisotopic (exact) mass is 468 g/mol. The lowest BCUT2D eigenvalue weighted by atomic mass is 10.1. The van der Waals surface area contributed by atoms with Crippen molar-refractivity contribution in [3.8, 4) is 17.2 Å². The molecule has 0 spiro atoms. The predicted octanol–water partition coefficient (Wildman–Crippen LogP) is 2.20. The molecule has 1 saturated heterocycles. The maximum Gasteiger partial charge on any atom is 0.249 e. The molecule has 3 amide bonds. The molecular weight excluding hydrogens is 440 g/mol. The highest BCUT2D eigenvalue weighted by Gasteiger charge is 2.27. The third-order valence-corrected chi connectivity index (χ3v) is 5.22. The van der Waals surface area contributed by atoms with Crippen LogP contribution in [0.15, 0.2) is 36.5 Å². The van der Waals surface area contributed by atoms with Crippen LogP contribution in [0.25, 0.3) is 6.08 Å². The van der Waals surface area contributed by atoms with E-state index in [9.17, 15) is 14.4 Å². The lowest BCUT2D eigenvalue weighted by Gasteiger charge is -2.23. The number of hydrogen-bond donors (Lipinski definition) is 2. The summed E-state index contributed by atoms with van der Waals surface area (Å²) >= 11 is 0. The highest BCUT2D eigenvalue weighted by molar-refractivity contribution is 6.03. The summed E-state index contributed by atoms with van der Waals surface area (Å²) in [6.45, 7) is 2.33. The Balaban J connectivity index is 1.83. The van der Waals surface area contributed by atoms with Gasteiger partial charge in [0.25, 0.3) is 0 Å². The number of anilines is 2. The third-order valence-electron chi connectivity index (χ3n) is 5.22. The van der Waals surface area contributed by atoms with E-state index in [4.69, 9.17) is 14.2 Å². The number of ether oxygens (including phenoxy) is 3. The molecule has 0 saturated carbocycles. The van der Waals surface area contributed by atoms with E-state index in [0.29, 0.717) is 35.2 Å². The Morgan fingerprint density at radius 2 is 2.03 bits per heavy atom. The van der Waals surface area contributed by atoms with Gasteiger partial charge in [-0.3, -0.25) is 19.7 Å². The maximum absolute atomic E-state index is 12.4. The molecule has 1 aliphatic rings. The number of rotatable bonds is 9. The topological polar surface area (TPSA) is 119 Å². The first-order valence-electron chi connectivity index (χ1n) is 10.8. The van der Waals surface area contributed by atoms with Crippen molar-refractivity contribution in [2.24, 2.45) is 0 Å². The minimum atomic E-state index is -0.741. The number of imide groups is 1. The highest BCUT2D eigenvalue weighted by atomic mass is 16.5. The van der Waals surface area contributed by atoms with Crippen LogP contribution in [0.5, 0.6) is 17.2 Å². The summed E-state index contributed by atoms with van der Waals surface area (Å²) in [7, 11) is 4.93. The van der Waals surface area contributed by atoms with Crippen molar-refractivity contribution in [3.05, 3.63) is 42.1 Å². The van der Waals surface area contributed by atoms with Gasteiger partial charge in [-0.25, -0.2) is 4.98 Å². The summed E-state index contributed by atoms with van der Waals surface area (Å²) in [5.74, 6) is 0.830. The van der Waals surface area contributed by atoms with Gasteiger partial charge in [0.05, 0.1) is 20.8 Å². The largest absolute Gasteiger partial charge is 0.493 e. The van der Waals surface area contributed by atoms with Crippen LogP contribution in [-0.4, -0.2) is 56.6 Å². The number of nitrogens with zero attached hydrogens (tertiary/aromatic N) is 2. The second-order valence-electron chi connectivity index (χ2n) is 7.43. The van der Waals surface area contributed by atoms with Crippen molar-refractivity contribution in [3.63, 3.8) is 0 Å². The Morgan fingerprint density at radius 3 is 2.71 bits per heavy atom. The number of methoxy groups -OCH3 is 2. The van der Waals surface area contributed by atoms with E-state index < -0.39 is 17.9 Å². The average Bonchev–Trinajstić information content (AvgIpc) is 2.84. The number of carbonyl (C=O) groups excluding carboxylic acids is 3. The molecule has 1 unspecified atom stereocenters. The number of carbonyl (C=O) groups is 3. The van der Waals surface area contributed by atoms with Gasteiger partial charge in [0.15, 0.2) is 11.5 Å². The third kappa shape index (κ3) is 5.64. The predicted molar refractivity (Wildman–Crippen MR) is 126 cm³/mol. The van der Waals surface area contributed by atoms with E-state index >= 15 is 0 Å². The second-order valence-corrected chi connectivity index (χ2v) is 7.43. The minimum Gasteiger partial charge on any atom is -0.493 e. The minimum absolute atomic E-state index is 0.188. The summed E-state index contributed by atoms with van der Waals surface area (Å²) < 4.78 is 16.6. The average molecular weight is 469 g/mol. The van der Waals surface area contributed by atoms with E-state index in [1.54, 1.807) is 38.6 Å². The molecule has 180 valence electrons. The zero-order valence-corrected chi connectivity index (χ0v) is 19.6. The zero-order chi connectivity index (χ0) is 24.7. The van der Waals surface area contributed by atoms with E-state index in [1.807, 2.05) is 31.0 Å². The molecule has 0 aliphatic carbocycles. The molecule has 0 radical (unpaired) electrons. The molecule has 1 aromatic heterocycles. The van der Waals surface area contributed by atoms with Gasteiger partial charge in [0, 0.05) is 49.1 Å². The smallest absolute Gasteiger partial charge is 0.249 e. The van der Waals surface area contributed by atoms with Crippen molar-refractivity contribution in [2.75, 3.05) is 32.8 Å². The van der Waals surface area contributed by atoms with Gasteiger partial charge in [-0.1, -0.05) is 0 Å². The van der Waals surface area contributed by atoms with Crippen LogP contribution in [0.4, 0.5) is 11.5 Å². The Kier molecular flexibility index (Phi) is 8.07. The van der Waals surface area contributed by atoms with E-state index in [0.717, 1.165) is 5.69 Å². The fourth-order valence-corrected chi connectivity index (χ4v) is 3.53. The number of hydrogen-bond acceptors (Lipinski definition) is 8. The number of piperidine rings is 1. The molecule has 10 nitrogen and oxygen atoms in total. The van der Waals surface area contributed by atoms with Crippen LogP contribution in [-0.2, 0) is 14.4 Å². The Morgan fingerprint density at radius 1 is 1.26 bits per heavy atom. The Labute approximate surface area is 197 Å². The maximum atomic E-state index is 12.4. The van der Waals surface area contributed by atoms with E-state index in [2.05, 4.69) is 15.6 Å². The first-order chi connectivity index (χ1) is 16.4. The van der Waals surface area contributed by atoms with Gasteiger partial charge in [0.1, 0.15) is 11.9 Å². The summed E-state index contributed by atoms with van der Waals surface area (Å²) in [4.78, 5) is 41.8. The fraction of sp³-hybridized carbons (Fsp3) is 0.333. The molecule has 10 heteroatoms. The molecule has 1 fully saturated rings. The molecule has 1 aromatic carbocycles. The molecule has 3 rings (SSSR count). The van der Waals surface area contributed by atoms with Crippen LogP contribution < -0.4 is 29.7 Å². The molecule has 0 bridgehead atoms. The highest BCUT2D eigenvalue weighted by Crippen LogP contribution is 2.42. The number of amides is 3. The van der Waals surface area contributed by atoms with Crippen LogP contribution in [0, 0.1) is 0 Å². The number of nitrogens with one attached hydrogen (secondary N) is 2. The first-order valence-corrected chi connectivity index (χ1v) is 10.8. The van der Waals surface area contributed by atoms with Crippen molar-refractivity contribution in [1.82, 2.24) is 15.6 Å². The van der Waals surface area contributed by atoms with Crippen LogP contribution in [0.2, 0.25) is 0 Å². The molecule has 1 atom stereocenters. The summed E-state index contributed by atoms with van der Waals surface area (Å²) in [6, 6.07) is 6.46. The van der Waals surface area contributed by atoms with Crippen molar-refractivity contribution in [1.29, 1.82) is 0 Å². The van der Waals surface area contributed by atoms with Crippen molar-refractivity contribution >= 4 is 35.3 Å². The van der Waals surface area contributed by atoms with Crippen molar-refractivity contribution < 1.29 is 28.6 Å². The summed E-state index contributed by atoms with van der Waals surface area (Å²) in [6.07, 6.45) is 5.05. The second kappa shape index (κ2) is 11.2. The zero-order valence-electron chi connectivity index (χ0n) is 19.6. The van der Waals surface area contributed by atoms with Gasteiger partial charge >= 0.3 is 0 Å². The van der Waals surface area contributed by atoms with Gasteiger partial charge in [-0.15, -0.1) is 0 Å². The number of benzene rings is 1. The summed E-state index contributed by atoms with van der Waals surface area (Å²) in [5.41, 5.74) is 1.42. The lowest BCUT2D eigenvalue weighted by Crippen LogP contribution is -2.51. The Hall–Kier alpha value is -4.08. The molecule has 1 aliphatic heterocycles. The van der Waals surface area contributed by atoms with Crippen molar-refractivity contribution in [2.45, 2.75) is 25.8 Å². The fourth-order valence-electron chi connectivity index (χ4n) is 3.53. The quantitative estimate of drug-likeness (QED) is 0.425.